The molecule has 1 atom stereocenters. The Hall–Kier alpha value is -2.07. The zero-order chi connectivity index (χ0) is 25.0. The van der Waals surface area contributed by atoms with Gasteiger partial charge in [-0.15, -0.1) is 0 Å². The van der Waals surface area contributed by atoms with Gasteiger partial charge in [0.05, 0.1) is 16.7 Å². The van der Waals surface area contributed by atoms with E-state index >= 15 is 0 Å². The lowest BCUT2D eigenvalue weighted by Crippen LogP contribution is -2.46. The summed E-state index contributed by atoms with van der Waals surface area (Å²) in [6.45, 7) is 19.8. The number of rotatable bonds is 5. The Balaban J connectivity index is 2.73. The molecule has 2 rings (SSSR count). The lowest BCUT2D eigenvalue weighted by molar-refractivity contribution is -0.140. The molecular formula is C24H36O6Si2. The molecule has 0 amide bonds. The number of Topliss-reactive ketones (excluding diaryl/α,β-unsaturated/α-hetero) is 4. The quantitative estimate of drug-likeness (QED) is 0.323. The van der Waals surface area contributed by atoms with Gasteiger partial charge in [0, 0.05) is 5.57 Å². The zero-order valence-electron chi connectivity index (χ0n) is 21.2. The summed E-state index contributed by atoms with van der Waals surface area (Å²) in [5.74, 6) is -1.82. The average molecular weight is 477 g/mol. The average Bonchev–Trinajstić information content (AvgIpc) is 2.61. The molecule has 0 spiro atoms. The second kappa shape index (κ2) is 8.06. The van der Waals surface area contributed by atoms with E-state index in [9.17, 15) is 19.2 Å². The van der Waals surface area contributed by atoms with Gasteiger partial charge in [-0.25, -0.2) is 0 Å². The van der Waals surface area contributed by atoms with Gasteiger partial charge in [0.1, 0.15) is 11.5 Å². The van der Waals surface area contributed by atoms with E-state index in [1.54, 1.807) is 40.7 Å². The molecule has 0 fully saturated rings. The van der Waals surface area contributed by atoms with Gasteiger partial charge in [-0.2, -0.15) is 0 Å². The van der Waals surface area contributed by atoms with E-state index in [1.165, 1.54) is 6.08 Å². The van der Waals surface area contributed by atoms with Crippen molar-refractivity contribution in [3.8, 4) is 0 Å². The van der Waals surface area contributed by atoms with E-state index in [-0.39, 0.29) is 40.2 Å². The van der Waals surface area contributed by atoms with Gasteiger partial charge < -0.3 is 8.85 Å². The molecule has 0 aromatic heterocycles. The van der Waals surface area contributed by atoms with Crippen LogP contribution < -0.4 is 0 Å². The van der Waals surface area contributed by atoms with Crippen LogP contribution in [0.25, 0.3) is 0 Å². The molecule has 0 bridgehead atoms. The normalized spacial score (nSPS) is 25.3. The molecule has 0 aromatic rings. The smallest absolute Gasteiger partial charge is 0.242 e. The molecule has 0 radical (unpaired) electrons. The van der Waals surface area contributed by atoms with Crippen LogP contribution in [0.15, 0.2) is 34.8 Å². The number of allylic oxidation sites excluding steroid dienone is 6. The molecule has 0 heterocycles. The van der Waals surface area contributed by atoms with E-state index < -0.39 is 33.4 Å². The first kappa shape index (κ1) is 26.2. The van der Waals surface area contributed by atoms with Gasteiger partial charge in [0.2, 0.25) is 28.2 Å². The molecule has 0 saturated carbocycles. The zero-order valence-corrected chi connectivity index (χ0v) is 23.2. The van der Waals surface area contributed by atoms with Crippen molar-refractivity contribution < 1.29 is 28.0 Å². The fourth-order valence-electron chi connectivity index (χ4n) is 3.72. The second-order valence-corrected chi connectivity index (χ2v) is 20.5. The van der Waals surface area contributed by atoms with Crippen LogP contribution in [-0.4, -0.2) is 39.8 Å². The van der Waals surface area contributed by atoms with Crippen LogP contribution in [-0.2, 0) is 28.0 Å². The Morgan fingerprint density at radius 1 is 0.750 bits per heavy atom. The van der Waals surface area contributed by atoms with Gasteiger partial charge in [0.15, 0.2) is 11.6 Å². The summed E-state index contributed by atoms with van der Waals surface area (Å²) in [6, 6.07) is 0. The molecule has 0 saturated heterocycles. The van der Waals surface area contributed by atoms with Gasteiger partial charge in [-0.05, 0) is 91.6 Å². The van der Waals surface area contributed by atoms with Gasteiger partial charge in [-0.1, -0.05) is 0 Å². The molecule has 176 valence electrons. The number of carbonyl (C=O) groups is 4. The van der Waals surface area contributed by atoms with Crippen molar-refractivity contribution in [1.29, 1.82) is 0 Å². The molecule has 0 N–H and O–H groups in total. The number of hydrogen-bond acceptors (Lipinski definition) is 6. The Morgan fingerprint density at radius 3 is 1.66 bits per heavy atom. The van der Waals surface area contributed by atoms with Crippen LogP contribution in [0, 0.1) is 16.7 Å². The number of hydrogen-bond donors (Lipinski definition) is 0. The fraction of sp³-hybridized carbons (Fsp3) is 0.583. The van der Waals surface area contributed by atoms with Gasteiger partial charge in [-0.3, -0.25) is 19.2 Å². The molecule has 8 heteroatoms. The standard InChI is InChI=1S/C24H36O6Si2/c1-14(15-12-17(29-31(6,7)8)21(27)23(2,3)19(15)25)16-13-18(30-32(9,10)11)22(28)24(4,5)20(16)26/h12-13,15H,1-11H3. The van der Waals surface area contributed by atoms with Crippen molar-refractivity contribution in [3.05, 3.63) is 34.8 Å². The SMILES string of the molecule is CC(=C1C=C(O[Si](C)(C)C)C(=O)C(C)(C)C1=O)C1C=C(O[Si](C)(C)C)C(=O)C(C)(C)C1=O. The molecule has 1 unspecified atom stereocenters. The van der Waals surface area contributed by atoms with Crippen molar-refractivity contribution >= 4 is 39.8 Å². The molecule has 32 heavy (non-hydrogen) atoms. The lowest BCUT2D eigenvalue weighted by atomic mass is 9.68. The summed E-state index contributed by atoms with van der Waals surface area (Å²) >= 11 is 0. The summed E-state index contributed by atoms with van der Waals surface area (Å²) < 4.78 is 12.0. The molecule has 0 aromatic carbocycles. The van der Waals surface area contributed by atoms with Crippen LogP contribution in [0.5, 0.6) is 0 Å². The van der Waals surface area contributed by atoms with Crippen molar-refractivity contribution in [2.75, 3.05) is 0 Å². The summed E-state index contributed by atoms with van der Waals surface area (Å²) in [6.07, 6.45) is 3.02. The van der Waals surface area contributed by atoms with E-state index in [0.29, 0.717) is 5.57 Å². The molecule has 6 nitrogen and oxygen atoms in total. The van der Waals surface area contributed by atoms with Crippen LogP contribution in [0.1, 0.15) is 34.6 Å². The van der Waals surface area contributed by atoms with Crippen LogP contribution >= 0.6 is 0 Å². The highest BCUT2D eigenvalue weighted by Gasteiger charge is 2.49. The van der Waals surface area contributed by atoms with Crippen LogP contribution in [0.3, 0.4) is 0 Å². The van der Waals surface area contributed by atoms with E-state index in [1.807, 2.05) is 39.3 Å². The lowest BCUT2D eigenvalue weighted by Gasteiger charge is -2.36. The summed E-state index contributed by atoms with van der Waals surface area (Å²) in [5.41, 5.74) is -1.80. The third-order valence-electron chi connectivity index (χ3n) is 5.61. The largest absolute Gasteiger partial charge is 0.542 e. The molecule has 0 aliphatic heterocycles. The van der Waals surface area contributed by atoms with E-state index in [2.05, 4.69) is 0 Å². The maximum absolute atomic E-state index is 13.3. The molecular weight excluding hydrogens is 440 g/mol. The maximum Gasteiger partial charge on any atom is 0.242 e. The van der Waals surface area contributed by atoms with Gasteiger partial charge in [0.25, 0.3) is 0 Å². The Kier molecular flexibility index (Phi) is 6.59. The first-order chi connectivity index (χ1) is 14.2. The third-order valence-corrected chi connectivity index (χ3v) is 7.28. The first-order valence-corrected chi connectivity index (χ1v) is 17.7. The summed E-state index contributed by atoms with van der Waals surface area (Å²) in [5, 5.41) is 0. The highest BCUT2D eigenvalue weighted by molar-refractivity contribution is 6.70. The number of ketones is 4. The van der Waals surface area contributed by atoms with E-state index in [0.717, 1.165) is 0 Å². The maximum atomic E-state index is 13.3. The molecule has 2 aliphatic rings. The van der Waals surface area contributed by atoms with E-state index in [4.69, 9.17) is 8.85 Å². The third kappa shape index (κ3) is 4.96. The minimum atomic E-state index is -2.12. The fourth-order valence-corrected chi connectivity index (χ4v) is 5.35. The van der Waals surface area contributed by atoms with Crippen molar-refractivity contribution in [2.45, 2.75) is 73.9 Å². The Morgan fingerprint density at radius 2 is 1.19 bits per heavy atom. The first-order valence-electron chi connectivity index (χ1n) is 10.9. The van der Waals surface area contributed by atoms with Crippen molar-refractivity contribution in [1.82, 2.24) is 0 Å². The predicted molar refractivity (Wildman–Crippen MR) is 129 cm³/mol. The second-order valence-electron chi connectivity index (χ2n) is 11.6. The van der Waals surface area contributed by atoms with Crippen LogP contribution in [0.4, 0.5) is 0 Å². The van der Waals surface area contributed by atoms with Crippen molar-refractivity contribution in [3.63, 3.8) is 0 Å². The highest BCUT2D eigenvalue weighted by Crippen LogP contribution is 2.41. The highest BCUT2D eigenvalue weighted by atomic mass is 28.4. The Bertz CT molecular complexity index is 981. The monoisotopic (exact) mass is 476 g/mol. The number of carbonyl (C=O) groups excluding carboxylic acids is 4. The topological polar surface area (TPSA) is 86.7 Å². The molecule has 2 aliphatic carbocycles. The Labute approximate surface area is 193 Å². The predicted octanol–water partition coefficient (Wildman–Crippen LogP) is 4.75. The minimum absolute atomic E-state index is 0.157. The summed E-state index contributed by atoms with van der Waals surface area (Å²) in [7, 11) is -4.23. The van der Waals surface area contributed by atoms with Crippen molar-refractivity contribution in [2.24, 2.45) is 16.7 Å². The van der Waals surface area contributed by atoms with Crippen LogP contribution in [0.2, 0.25) is 39.3 Å². The summed E-state index contributed by atoms with van der Waals surface area (Å²) in [4.78, 5) is 52.5. The minimum Gasteiger partial charge on any atom is -0.542 e. The van der Waals surface area contributed by atoms with Gasteiger partial charge >= 0.3 is 0 Å².